The third-order valence-electron chi connectivity index (χ3n) is 6.89. The Kier molecular flexibility index (Phi) is 6.16. The summed E-state index contributed by atoms with van der Waals surface area (Å²) in [5, 5.41) is 16.3. The van der Waals surface area contributed by atoms with E-state index in [0.29, 0.717) is 28.8 Å². The lowest BCUT2D eigenvalue weighted by atomic mass is 9.87. The molecule has 8 nitrogen and oxygen atoms in total. The Morgan fingerprint density at radius 3 is 2.76 bits per heavy atom. The van der Waals surface area contributed by atoms with Crippen LogP contribution in [0.15, 0.2) is 66.7 Å². The molecule has 3 aromatic carbocycles. The Bertz CT molecular complexity index is 1600. The van der Waals surface area contributed by atoms with Crippen molar-refractivity contribution >= 4 is 40.1 Å². The lowest BCUT2D eigenvalue weighted by Gasteiger charge is -2.41. The van der Waals surface area contributed by atoms with Gasteiger partial charge in [0.2, 0.25) is 5.82 Å². The third kappa shape index (κ3) is 4.17. The van der Waals surface area contributed by atoms with Crippen LogP contribution in [0.2, 0.25) is 10.0 Å². The zero-order valence-electron chi connectivity index (χ0n) is 19.8. The lowest BCUT2D eigenvalue weighted by molar-refractivity contribution is -0.148. The van der Waals surface area contributed by atoms with E-state index in [0.717, 1.165) is 38.9 Å². The normalized spacial score (nSPS) is 17.6. The molecule has 0 amide bonds. The minimum atomic E-state index is -0.550. The van der Waals surface area contributed by atoms with Crippen LogP contribution in [0.3, 0.4) is 0 Å². The fourth-order valence-electron chi connectivity index (χ4n) is 5.26. The molecule has 186 valence electrons. The number of rotatable bonds is 5. The minimum Gasteiger partial charge on any atom is -0.468 e. The summed E-state index contributed by atoms with van der Waals surface area (Å²) in [5.41, 5.74) is 5.66. The van der Waals surface area contributed by atoms with Gasteiger partial charge >= 0.3 is 5.97 Å². The van der Waals surface area contributed by atoms with Crippen molar-refractivity contribution in [1.82, 2.24) is 30.5 Å². The topological polar surface area (TPSA) is 99.8 Å². The summed E-state index contributed by atoms with van der Waals surface area (Å²) in [5.74, 6) is 0.186. The van der Waals surface area contributed by atoms with E-state index >= 15 is 0 Å². The molecule has 0 saturated carbocycles. The zero-order chi connectivity index (χ0) is 25.5. The summed E-state index contributed by atoms with van der Waals surface area (Å²) in [6, 6.07) is 20.6. The molecule has 37 heavy (non-hydrogen) atoms. The highest BCUT2D eigenvalue weighted by molar-refractivity contribution is 6.42. The fraction of sp³-hybridized carbons (Fsp3) is 0.185. The number of methoxy groups -OCH3 is 1. The Balaban J connectivity index is 1.53. The van der Waals surface area contributed by atoms with Crippen molar-refractivity contribution in [3.05, 3.63) is 99.2 Å². The Labute approximate surface area is 222 Å². The van der Waals surface area contributed by atoms with Crippen LogP contribution in [0, 0.1) is 0 Å². The van der Waals surface area contributed by atoms with Crippen LogP contribution in [0.4, 0.5) is 0 Å². The van der Waals surface area contributed by atoms with Gasteiger partial charge in [-0.15, -0.1) is 10.2 Å². The first-order valence-corrected chi connectivity index (χ1v) is 12.5. The number of benzene rings is 3. The van der Waals surface area contributed by atoms with Crippen LogP contribution >= 0.6 is 23.2 Å². The molecule has 2 aromatic heterocycles. The van der Waals surface area contributed by atoms with Gasteiger partial charge in [0.15, 0.2) is 0 Å². The molecular weight excluding hydrogens is 511 g/mol. The predicted octanol–water partition coefficient (Wildman–Crippen LogP) is 5.34. The number of carbonyl (C=O) groups excluding carboxylic acids is 1. The second-order valence-electron chi connectivity index (χ2n) is 8.96. The minimum absolute atomic E-state index is 0.312. The van der Waals surface area contributed by atoms with E-state index in [9.17, 15) is 4.79 Å². The Morgan fingerprint density at radius 2 is 1.95 bits per heavy atom. The summed E-state index contributed by atoms with van der Waals surface area (Å²) in [6.45, 7) is 0.438. The van der Waals surface area contributed by atoms with E-state index in [1.807, 2.05) is 54.6 Å². The van der Waals surface area contributed by atoms with E-state index in [2.05, 4.69) is 36.6 Å². The van der Waals surface area contributed by atoms with Crippen molar-refractivity contribution < 1.29 is 9.53 Å². The van der Waals surface area contributed by atoms with Crippen molar-refractivity contribution in [3.8, 4) is 11.4 Å². The van der Waals surface area contributed by atoms with Crippen LogP contribution in [-0.4, -0.2) is 49.6 Å². The molecule has 6 rings (SSSR count). The van der Waals surface area contributed by atoms with E-state index in [1.54, 1.807) is 6.07 Å². The third-order valence-corrected chi connectivity index (χ3v) is 7.73. The molecule has 3 heterocycles. The molecular formula is C27H22Cl2N6O2. The molecule has 2 atom stereocenters. The predicted molar refractivity (Wildman–Crippen MR) is 141 cm³/mol. The fourth-order valence-corrected chi connectivity index (χ4v) is 5.67. The van der Waals surface area contributed by atoms with Gasteiger partial charge in [-0.1, -0.05) is 71.7 Å². The molecule has 5 aromatic rings. The average Bonchev–Trinajstić information content (AvgIpc) is 3.58. The highest BCUT2D eigenvalue weighted by atomic mass is 35.5. The molecule has 0 aliphatic carbocycles. The van der Waals surface area contributed by atoms with Crippen LogP contribution in [0.1, 0.15) is 28.4 Å². The number of carbonyl (C=O) groups is 1. The van der Waals surface area contributed by atoms with Gasteiger partial charge in [-0.05, 0) is 40.1 Å². The van der Waals surface area contributed by atoms with Gasteiger partial charge in [-0.3, -0.25) is 9.69 Å². The van der Waals surface area contributed by atoms with Gasteiger partial charge in [-0.25, -0.2) is 0 Å². The van der Waals surface area contributed by atoms with Crippen LogP contribution in [-0.2, 0) is 22.5 Å². The van der Waals surface area contributed by atoms with Crippen molar-refractivity contribution in [2.24, 2.45) is 0 Å². The number of fused-ring (bicyclic) bond motifs is 3. The summed E-state index contributed by atoms with van der Waals surface area (Å²) in [6.07, 6.45) is 0.491. The van der Waals surface area contributed by atoms with E-state index in [4.69, 9.17) is 27.9 Å². The monoisotopic (exact) mass is 532 g/mol. The first kappa shape index (κ1) is 23.7. The lowest BCUT2D eigenvalue weighted by Crippen LogP contribution is -2.48. The molecule has 1 unspecified atom stereocenters. The van der Waals surface area contributed by atoms with Crippen molar-refractivity contribution in [2.45, 2.75) is 25.0 Å². The van der Waals surface area contributed by atoms with Gasteiger partial charge < -0.3 is 9.72 Å². The smallest absolute Gasteiger partial charge is 0.323 e. The molecule has 0 radical (unpaired) electrons. The van der Waals surface area contributed by atoms with Crippen LogP contribution < -0.4 is 0 Å². The Morgan fingerprint density at radius 1 is 1.11 bits per heavy atom. The molecule has 0 saturated heterocycles. The van der Waals surface area contributed by atoms with Crippen LogP contribution in [0.5, 0.6) is 0 Å². The maximum atomic E-state index is 13.3. The van der Waals surface area contributed by atoms with Crippen LogP contribution in [0.25, 0.3) is 22.3 Å². The highest BCUT2D eigenvalue weighted by Crippen LogP contribution is 2.45. The number of H-pyrrole nitrogens is 2. The Hall–Kier alpha value is -3.72. The maximum absolute atomic E-state index is 13.3. The van der Waals surface area contributed by atoms with E-state index in [-0.39, 0.29) is 12.0 Å². The molecule has 0 bridgehead atoms. The molecule has 0 fully saturated rings. The standard InChI is InChI=1S/C27H22Cl2N6O2/c1-37-27(36)22-13-19-17-8-2-3-11-21(17)30-24(19)25(18-9-5-10-20(28)23(18)29)35(22)14-15-6-4-7-16(12-15)26-31-33-34-32-26/h2-12,22,25,30H,13-14H2,1H3,(H,31,32,33,34)/t22-,25?/m0/s1. The van der Waals surface area contributed by atoms with Gasteiger partial charge in [0, 0.05) is 35.1 Å². The first-order valence-electron chi connectivity index (χ1n) is 11.7. The van der Waals surface area contributed by atoms with Crippen molar-refractivity contribution in [1.29, 1.82) is 0 Å². The van der Waals surface area contributed by atoms with Crippen molar-refractivity contribution in [2.75, 3.05) is 7.11 Å². The SMILES string of the molecule is COC(=O)[C@@H]1Cc2c([nH]c3ccccc23)C(c2cccc(Cl)c2Cl)N1Cc1cccc(-c2nn[nH]n2)c1. The molecule has 0 spiro atoms. The summed E-state index contributed by atoms with van der Waals surface area (Å²) < 4.78 is 5.30. The molecule has 2 N–H and O–H groups in total. The summed E-state index contributed by atoms with van der Waals surface area (Å²) >= 11 is 13.3. The number of esters is 1. The number of aromatic nitrogens is 5. The average molecular weight is 533 g/mol. The number of nitrogens with zero attached hydrogens (tertiary/aromatic N) is 4. The van der Waals surface area contributed by atoms with E-state index in [1.165, 1.54) is 7.11 Å². The second-order valence-corrected chi connectivity index (χ2v) is 9.74. The number of halogens is 2. The molecule has 10 heteroatoms. The quantitative estimate of drug-likeness (QED) is 0.296. The summed E-state index contributed by atoms with van der Waals surface area (Å²) in [7, 11) is 1.42. The van der Waals surface area contributed by atoms with Gasteiger partial charge in [-0.2, -0.15) is 5.21 Å². The van der Waals surface area contributed by atoms with Gasteiger partial charge in [0.1, 0.15) is 6.04 Å². The second kappa shape index (κ2) is 9.63. The number of nitrogens with one attached hydrogen (secondary N) is 2. The van der Waals surface area contributed by atoms with Gasteiger partial charge in [0.05, 0.1) is 23.2 Å². The number of ether oxygens (including phenoxy) is 1. The maximum Gasteiger partial charge on any atom is 0.323 e. The highest BCUT2D eigenvalue weighted by Gasteiger charge is 2.42. The molecule has 1 aliphatic heterocycles. The zero-order valence-corrected chi connectivity index (χ0v) is 21.3. The first-order chi connectivity index (χ1) is 18.0. The van der Waals surface area contributed by atoms with Gasteiger partial charge in [0.25, 0.3) is 0 Å². The molecule has 1 aliphatic rings. The number of hydrogen-bond acceptors (Lipinski definition) is 6. The number of aromatic amines is 2. The summed E-state index contributed by atoms with van der Waals surface area (Å²) in [4.78, 5) is 19.0. The number of tetrazole rings is 1. The largest absolute Gasteiger partial charge is 0.468 e. The van der Waals surface area contributed by atoms with Crippen molar-refractivity contribution in [3.63, 3.8) is 0 Å². The van der Waals surface area contributed by atoms with E-state index < -0.39 is 6.04 Å². The number of hydrogen-bond donors (Lipinski definition) is 2. The number of para-hydroxylation sites is 1.